The quantitative estimate of drug-likeness (QED) is 0.818. The van der Waals surface area contributed by atoms with E-state index in [0.29, 0.717) is 8.78 Å². The smallest absolute Gasteiger partial charge is 0.361 e. The molecule has 0 radical (unpaired) electrons. The number of hydrogen-bond donors (Lipinski definition) is 2. The lowest BCUT2D eigenvalue weighted by Crippen LogP contribution is -2.53. The van der Waals surface area contributed by atoms with Gasteiger partial charge in [-0.1, -0.05) is 22.0 Å². The largest absolute Gasteiger partial charge is 0.479 e. The first kappa shape index (κ1) is 14.9. The predicted octanol–water partition coefficient (Wildman–Crippen LogP) is 1.92. The van der Waals surface area contributed by atoms with Crippen LogP contribution in [0.4, 0.5) is 5.69 Å². The van der Waals surface area contributed by atoms with Gasteiger partial charge in [-0.15, -0.1) is 0 Å². The second kappa shape index (κ2) is 4.87. The summed E-state index contributed by atoms with van der Waals surface area (Å²) < 4.78 is 33.0. The Bertz CT molecular complexity index is 569. The number of anilines is 1. The number of carbonyl (C=O) groups is 1. The van der Waals surface area contributed by atoms with E-state index in [9.17, 15) is 17.8 Å². The molecule has 1 aromatic rings. The fourth-order valence-corrected chi connectivity index (χ4v) is 2.86. The Morgan fingerprint density at radius 3 is 2.33 bits per heavy atom. The van der Waals surface area contributed by atoms with Crippen LogP contribution in [0.15, 0.2) is 28.7 Å². The van der Waals surface area contributed by atoms with E-state index in [1.165, 1.54) is 32.0 Å². The number of halogens is 1. The average Bonchev–Trinajstić information content (AvgIpc) is 2.14. The molecule has 0 aliphatic heterocycles. The van der Waals surface area contributed by atoms with Gasteiger partial charge in [0.2, 0.25) is 0 Å². The van der Waals surface area contributed by atoms with Crippen molar-refractivity contribution in [1.82, 2.24) is 0 Å². The highest BCUT2D eigenvalue weighted by Crippen LogP contribution is 2.29. The van der Waals surface area contributed by atoms with Crippen LogP contribution >= 0.6 is 15.9 Å². The zero-order valence-electron chi connectivity index (χ0n) is 9.66. The zero-order valence-corrected chi connectivity index (χ0v) is 12.1. The van der Waals surface area contributed by atoms with Gasteiger partial charge in [-0.25, -0.2) is 9.10 Å². The van der Waals surface area contributed by atoms with Gasteiger partial charge in [0.25, 0.3) is 0 Å². The van der Waals surface area contributed by atoms with Crippen molar-refractivity contribution in [2.45, 2.75) is 19.4 Å². The average molecular weight is 338 g/mol. The SMILES string of the molecule is CC(C)(C(=O)O)N(c1cccc(Br)c1)S(=O)(=O)O. The Balaban J connectivity index is 3.46. The molecular formula is C10H12BrNO5S. The van der Waals surface area contributed by atoms with E-state index in [4.69, 9.17) is 5.11 Å². The van der Waals surface area contributed by atoms with E-state index in [1.807, 2.05) is 0 Å². The lowest BCUT2D eigenvalue weighted by atomic mass is 10.1. The van der Waals surface area contributed by atoms with E-state index < -0.39 is 21.8 Å². The van der Waals surface area contributed by atoms with Gasteiger partial charge in [-0.05, 0) is 32.0 Å². The van der Waals surface area contributed by atoms with Crippen molar-refractivity contribution in [3.63, 3.8) is 0 Å². The zero-order chi connectivity index (χ0) is 14.1. The topological polar surface area (TPSA) is 94.9 Å². The van der Waals surface area contributed by atoms with Crippen LogP contribution in [-0.4, -0.2) is 29.6 Å². The van der Waals surface area contributed by atoms with Crippen LogP contribution in [0.1, 0.15) is 13.8 Å². The number of benzene rings is 1. The van der Waals surface area contributed by atoms with Gasteiger partial charge < -0.3 is 5.11 Å². The first-order valence-electron chi connectivity index (χ1n) is 4.83. The van der Waals surface area contributed by atoms with E-state index in [2.05, 4.69) is 15.9 Å². The van der Waals surface area contributed by atoms with Crippen molar-refractivity contribution < 1.29 is 22.9 Å². The van der Waals surface area contributed by atoms with Gasteiger partial charge in [0.15, 0.2) is 0 Å². The minimum atomic E-state index is -4.71. The second-order valence-corrected chi connectivity index (χ2v) is 6.26. The van der Waals surface area contributed by atoms with Crippen molar-refractivity contribution in [1.29, 1.82) is 0 Å². The summed E-state index contributed by atoms with van der Waals surface area (Å²) in [6.07, 6.45) is 0. The first-order valence-corrected chi connectivity index (χ1v) is 7.02. The van der Waals surface area contributed by atoms with E-state index in [-0.39, 0.29) is 5.69 Å². The third-order valence-corrected chi connectivity index (χ3v) is 3.93. The number of carboxylic acids is 1. The van der Waals surface area contributed by atoms with Crippen LogP contribution in [-0.2, 0) is 15.1 Å². The number of nitrogens with zero attached hydrogens (tertiary/aromatic N) is 1. The molecule has 0 aliphatic carbocycles. The fraction of sp³-hybridized carbons (Fsp3) is 0.300. The van der Waals surface area contributed by atoms with Crippen LogP contribution in [0.2, 0.25) is 0 Å². The molecule has 100 valence electrons. The number of aliphatic carboxylic acids is 1. The van der Waals surface area contributed by atoms with Crippen molar-refractivity contribution in [2.75, 3.05) is 4.31 Å². The number of rotatable bonds is 4. The van der Waals surface area contributed by atoms with E-state index in [1.54, 1.807) is 6.07 Å². The molecule has 0 unspecified atom stereocenters. The molecule has 0 bridgehead atoms. The maximum atomic E-state index is 11.4. The van der Waals surface area contributed by atoms with Crippen LogP contribution in [0.5, 0.6) is 0 Å². The highest BCUT2D eigenvalue weighted by Gasteiger charge is 2.41. The Kier molecular flexibility index (Phi) is 4.04. The summed E-state index contributed by atoms with van der Waals surface area (Å²) in [5.74, 6) is -1.37. The van der Waals surface area contributed by atoms with Gasteiger partial charge in [-0.2, -0.15) is 8.42 Å². The maximum Gasteiger partial charge on any atom is 0.361 e. The number of carboxylic acid groups (broad SMARTS) is 1. The molecule has 0 aliphatic rings. The molecule has 0 aromatic heterocycles. The standard InChI is InChI=1S/C10H12BrNO5S/c1-10(2,9(13)14)12(18(15,16)17)8-5-3-4-7(11)6-8/h3-6H,1-2H3,(H,13,14)(H,15,16,17). The summed E-state index contributed by atoms with van der Waals surface area (Å²) >= 11 is 3.15. The Hall–Kier alpha value is -1.12. The molecule has 0 saturated heterocycles. The Morgan fingerprint density at radius 1 is 1.39 bits per heavy atom. The van der Waals surface area contributed by atoms with Crippen LogP contribution < -0.4 is 4.31 Å². The number of hydrogen-bond acceptors (Lipinski definition) is 3. The van der Waals surface area contributed by atoms with Gasteiger partial charge >= 0.3 is 16.3 Å². The summed E-state index contributed by atoms with van der Waals surface area (Å²) in [7, 11) is -4.71. The summed E-state index contributed by atoms with van der Waals surface area (Å²) in [6, 6.07) is 5.98. The van der Waals surface area contributed by atoms with E-state index >= 15 is 0 Å². The van der Waals surface area contributed by atoms with Crippen molar-refractivity contribution >= 4 is 37.9 Å². The molecule has 8 heteroatoms. The molecule has 1 aromatic carbocycles. The van der Waals surface area contributed by atoms with E-state index in [0.717, 1.165) is 0 Å². The van der Waals surface area contributed by atoms with Crippen LogP contribution in [0.3, 0.4) is 0 Å². The van der Waals surface area contributed by atoms with Crippen LogP contribution in [0.25, 0.3) is 0 Å². The predicted molar refractivity (Wildman–Crippen MR) is 69.9 cm³/mol. The maximum absolute atomic E-state index is 11.4. The summed E-state index contributed by atoms with van der Waals surface area (Å²) in [5, 5.41) is 9.08. The van der Waals surface area contributed by atoms with Crippen molar-refractivity contribution in [2.24, 2.45) is 0 Å². The Labute approximate surface area is 113 Å². The van der Waals surface area contributed by atoms with Gasteiger partial charge in [0, 0.05) is 4.47 Å². The Morgan fingerprint density at radius 2 is 1.94 bits per heavy atom. The minimum Gasteiger partial charge on any atom is -0.479 e. The highest BCUT2D eigenvalue weighted by molar-refractivity contribution is 9.10. The second-order valence-electron chi connectivity index (χ2n) is 4.09. The third-order valence-electron chi connectivity index (χ3n) is 2.30. The van der Waals surface area contributed by atoms with Crippen molar-refractivity contribution in [3.05, 3.63) is 28.7 Å². The molecule has 0 fully saturated rings. The molecule has 18 heavy (non-hydrogen) atoms. The molecule has 1 rings (SSSR count). The van der Waals surface area contributed by atoms with Crippen LogP contribution in [0, 0.1) is 0 Å². The highest BCUT2D eigenvalue weighted by atomic mass is 79.9. The third kappa shape index (κ3) is 3.01. The monoisotopic (exact) mass is 337 g/mol. The van der Waals surface area contributed by atoms with Gasteiger partial charge in [-0.3, -0.25) is 4.55 Å². The minimum absolute atomic E-state index is 0.0549. The van der Waals surface area contributed by atoms with Gasteiger partial charge in [0.05, 0.1) is 5.69 Å². The molecule has 0 atom stereocenters. The fourth-order valence-electron chi connectivity index (χ4n) is 1.43. The summed E-state index contributed by atoms with van der Waals surface area (Å²) in [4.78, 5) is 11.1. The van der Waals surface area contributed by atoms with Crippen molar-refractivity contribution in [3.8, 4) is 0 Å². The molecule has 2 N–H and O–H groups in total. The summed E-state index contributed by atoms with van der Waals surface area (Å²) in [5.41, 5.74) is -1.76. The molecule has 0 saturated carbocycles. The molecule has 0 heterocycles. The molecular weight excluding hydrogens is 326 g/mol. The molecule has 6 nitrogen and oxygen atoms in total. The lowest BCUT2D eigenvalue weighted by Gasteiger charge is -2.33. The molecule has 0 amide bonds. The summed E-state index contributed by atoms with van der Waals surface area (Å²) in [6.45, 7) is 2.37. The normalized spacial score (nSPS) is 12.2. The molecule has 0 spiro atoms. The van der Waals surface area contributed by atoms with Gasteiger partial charge in [0.1, 0.15) is 5.54 Å². The lowest BCUT2D eigenvalue weighted by molar-refractivity contribution is -0.141. The first-order chi connectivity index (χ1) is 8.06.